The molecule has 0 saturated carbocycles. The van der Waals surface area contributed by atoms with E-state index in [1.54, 1.807) is 42.5 Å². The number of rotatable bonds is 5. The highest BCUT2D eigenvalue weighted by molar-refractivity contribution is 6.35. The molecular formula is C31H26ClN3O4. The first-order chi connectivity index (χ1) is 19.0. The van der Waals surface area contributed by atoms with Crippen LogP contribution in [0, 0.1) is 5.92 Å². The molecule has 4 unspecified atom stereocenters. The summed E-state index contributed by atoms with van der Waals surface area (Å²) in [4.78, 5) is 45.7. The second-order valence-electron chi connectivity index (χ2n) is 10.5. The number of anilines is 2. The Hall–Kier alpha value is -3.94. The third kappa shape index (κ3) is 2.89. The number of carbonyl (C=O) groups excluding carboxylic acids is 3. The SMILES string of the molecule is C=CCOc1cccc(C(=O)C2C3CCCN3C3(C(=O)Nc4c(Cl)cccc43)C23C(=O)Nc2ccccc23)c1. The molecule has 2 amide bonds. The van der Waals surface area contributed by atoms with Crippen LogP contribution in [0.1, 0.15) is 34.3 Å². The monoisotopic (exact) mass is 539 g/mol. The lowest BCUT2D eigenvalue weighted by Crippen LogP contribution is -2.62. The number of ketones is 1. The number of nitrogens with one attached hydrogen (secondary N) is 2. The van der Waals surface area contributed by atoms with Crippen molar-refractivity contribution in [3.8, 4) is 5.75 Å². The van der Waals surface area contributed by atoms with Gasteiger partial charge in [0.1, 0.15) is 23.3 Å². The molecule has 2 saturated heterocycles. The summed E-state index contributed by atoms with van der Waals surface area (Å²) < 4.78 is 5.72. The molecule has 2 spiro atoms. The van der Waals surface area contributed by atoms with Gasteiger partial charge in [-0.2, -0.15) is 0 Å². The van der Waals surface area contributed by atoms with Crippen LogP contribution in [0.25, 0.3) is 0 Å². The largest absolute Gasteiger partial charge is 0.490 e. The molecule has 0 aromatic heterocycles. The van der Waals surface area contributed by atoms with Crippen LogP contribution in [0.2, 0.25) is 5.02 Å². The smallest absolute Gasteiger partial charge is 0.251 e. The Balaban J connectivity index is 1.52. The van der Waals surface area contributed by atoms with Gasteiger partial charge < -0.3 is 15.4 Å². The predicted octanol–water partition coefficient (Wildman–Crippen LogP) is 4.92. The van der Waals surface area contributed by atoms with Crippen molar-refractivity contribution >= 4 is 40.6 Å². The van der Waals surface area contributed by atoms with E-state index in [1.165, 1.54) is 0 Å². The number of para-hydroxylation sites is 2. The third-order valence-corrected chi connectivity index (χ3v) is 9.16. The highest BCUT2D eigenvalue weighted by Gasteiger charge is 2.81. The second-order valence-corrected chi connectivity index (χ2v) is 10.9. The molecule has 4 aliphatic heterocycles. The fourth-order valence-corrected chi connectivity index (χ4v) is 7.87. The average Bonchev–Trinajstić information content (AvgIpc) is 3.67. The molecule has 3 aromatic carbocycles. The Morgan fingerprint density at radius 1 is 1.05 bits per heavy atom. The summed E-state index contributed by atoms with van der Waals surface area (Å²) in [5.74, 6) is -1.16. The lowest BCUT2D eigenvalue weighted by atomic mass is 9.57. The molecule has 4 heterocycles. The maximum Gasteiger partial charge on any atom is 0.251 e. The zero-order valence-corrected chi connectivity index (χ0v) is 21.8. The predicted molar refractivity (Wildman–Crippen MR) is 148 cm³/mol. The summed E-state index contributed by atoms with van der Waals surface area (Å²) in [7, 11) is 0. The summed E-state index contributed by atoms with van der Waals surface area (Å²) in [6, 6.07) is 19.5. The van der Waals surface area contributed by atoms with Gasteiger partial charge in [0.25, 0.3) is 5.91 Å². The van der Waals surface area contributed by atoms with Crippen molar-refractivity contribution in [3.05, 3.63) is 101 Å². The molecule has 2 N–H and O–H groups in total. The zero-order valence-electron chi connectivity index (χ0n) is 21.1. The van der Waals surface area contributed by atoms with Crippen LogP contribution >= 0.6 is 11.6 Å². The number of carbonyl (C=O) groups is 3. The molecule has 7 rings (SSSR count). The summed E-state index contributed by atoms with van der Waals surface area (Å²) in [5.41, 5.74) is -0.105. The Labute approximate surface area is 230 Å². The lowest BCUT2D eigenvalue weighted by molar-refractivity contribution is -0.137. The highest BCUT2D eigenvalue weighted by atomic mass is 35.5. The molecule has 4 aliphatic rings. The molecule has 4 atom stereocenters. The maximum atomic E-state index is 14.7. The van der Waals surface area contributed by atoms with Crippen molar-refractivity contribution < 1.29 is 19.1 Å². The van der Waals surface area contributed by atoms with Crippen LogP contribution in [-0.2, 0) is 20.5 Å². The number of nitrogens with zero attached hydrogens (tertiary/aromatic N) is 1. The standard InChI is InChI=1S/C31H26ClN3O4/c1-2-16-39-19-9-5-8-18(17-19)27(36)25-24-14-7-15-35(24)31(21-11-6-12-22(32)26(21)34-29(31)38)30(25)20-10-3-4-13-23(20)33-28(30)37/h2-6,8-13,17,24-25H,1,7,14-16H2,(H,33,37)(H,34,38). The molecule has 3 aromatic rings. The minimum atomic E-state index is -1.51. The van der Waals surface area contributed by atoms with Crippen LogP contribution in [0.4, 0.5) is 11.4 Å². The van der Waals surface area contributed by atoms with E-state index in [0.717, 1.165) is 6.42 Å². The summed E-state index contributed by atoms with van der Waals surface area (Å²) in [6.07, 6.45) is 3.13. The lowest BCUT2D eigenvalue weighted by Gasteiger charge is -2.43. The van der Waals surface area contributed by atoms with Gasteiger partial charge in [-0.15, -0.1) is 0 Å². The zero-order chi connectivity index (χ0) is 26.9. The highest BCUT2D eigenvalue weighted by Crippen LogP contribution is 2.68. The third-order valence-electron chi connectivity index (χ3n) is 8.85. The normalized spacial score (nSPS) is 28.2. The second kappa shape index (κ2) is 8.53. The quantitative estimate of drug-likeness (QED) is 0.355. The first kappa shape index (κ1) is 24.1. The number of hydrogen-bond acceptors (Lipinski definition) is 5. The minimum absolute atomic E-state index is 0.192. The maximum absolute atomic E-state index is 14.7. The molecule has 2 fully saturated rings. The fraction of sp³-hybridized carbons (Fsp3) is 0.258. The summed E-state index contributed by atoms with van der Waals surface area (Å²) in [5, 5.41) is 6.46. The van der Waals surface area contributed by atoms with Crippen LogP contribution in [0.15, 0.2) is 79.4 Å². The topological polar surface area (TPSA) is 87.7 Å². The van der Waals surface area contributed by atoms with Crippen molar-refractivity contribution in [2.75, 3.05) is 23.8 Å². The number of benzene rings is 3. The van der Waals surface area contributed by atoms with Gasteiger partial charge in [-0.25, -0.2) is 0 Å². The van der Waals surface area contributed by atoms with Crippen molar-refractivity contribution in [1.82, 2.24) is 4.90 Å². The first-order valence-corrected chi connectivity index (χ1v) is 13.5. The van der Waals surface area contributed by atoms with Gasteiger partial charge in [0.15, 0.2) is 5.78 Å². The molecular weight excluding hydrogens is 514 g/mol. The molecule has 39 heavy (non-hydrogen) atoms. The number of halogens is 1. The Kier molecular flexibility index (Phi) is 5.28. The summed E-state index contributed by atoms with van der Waals surface area (Å²) in [6.45, 7) is 4.57. The van der Waals surface area contributed by atoms with E-state index in [0.29, 0.717) is 58.4 Å². The molecule has 0 radical (unpaired) electrons. The van der Waals surface area contributed by atoms with Gasteiger partial charge in [0, 0.05) is 22.9 Å². The average molecular weight is 540 g/mol. The fourth-order valence-electron chi connectivity index (χ4n) is 7.64. The number of amides is 2. The van der Waals surface area contributed by atoms with Gasteiger partial charge in [-0.05, 0) is 49.2 Å². The van der Waals surface area contributed by atoms with Gasteiger partial charge in [-0.1, -0.05) is 66.7 Å². The van der Waals surface area contributed by atoms with E-state index in [1.807, 2.05) is 30.3 Å². The Morgan fingerprint density at radius 2 is 1.85 bits per heavy atom. The van der Waals surface area contributed by atoms with Gasteiger partial charge >= 0.3 is 0 Å². The van der Waals surface area contributed by atoms with Crippen molar-refractivity contribution in [1.29, 1.82) is 0 Å². The molecule has 196 valence electrons. The van der Waals surface area contributed by atoms with E-state index < -0.39 is 16.9 Å². The van der Waals surface area contributed by atoms with Gasteiger partial charge in [0.05, 0.1) is 16.6 Å². The van der Waals surface area contributed by atoms with E-state index in [9.17, 15) is 14.4 Å². The molecule has 0 bridgehead atoms. The van der Waals surface area contributed by atoms with Crippen LogP contribution in [0.3, 0.4) is 0 Å². The van der Waals surface area contributed by atoms with Gasteiger partial charge in [0.2, 0.25) is 5.91 Å². The minimum Gasteiger partial charge on any atom is -0.490 e. The van der Waals surface area contributed by atoms with Crippen molar-refractivity contribution in [2.45, 2.75) is 29.8 Å². The van der Waals surface area contributed by atoms with E-state index >= 15 is 0 Å². The van der Waals surface area contributed by atoms with E-state index in [4.69, 9.17) is 16.3 Å². The first-order valence-electron chi connectivity index (χ1n) is 13.1. The van der Waals surface area contributed by atoms with Crippen LogP contribution in [-0.4, -0.2) is 41.7 Å². The number of fused-ring (bicyclic) bond motifs is 7. The van der Waals surface area contributed by atoms with Crippen molar-refractivity contribution in [2.24, 2.45) is 5.92 Å². The molecule has 0 aliphatic carbocycles. The summed E-state index contributed by atoms with van der Waals surface area (Å²) >= 11 is 6.60. The van der Waals surface area contributed by atoms with Crippen LogP contribution in [0.5, 0.6) is 5.75 Å². The number of ether oxygens (including phenoxy) is 1. The molecule has 7 nitrogen and oxygen atoms in total. The number of hydrogen-bond donors (Lipinski definition) is 2. The Morgan fingerprint density at radius 3 is 2.69 bits per heavy atom. The van der Waals surface area contributed by atoms with E-state index in [2.05, 4.69) is 22.1 Å². The van der Waals surface area contributed by atoms with Gasteiger partial charge in [-0.3, -0.25) is 19.3 Å². The van der Waals surface area contributed by atoms with E-state index in [-0.39, 0.29) is 23.6 Å². The number of Topliss-reactive ketones (excluding diaryl/α,β-unsaturated/α-hetero) is 1. The van der Waals surface area contributed by atoms with Crippen LogP contribution < -0.4 is 15.4 Å². The molecule has 8 heteroatoms. The van der Waals surface area contributed by atoms with Crippen molar-refractivity contribution in [3.63, 3.8) is 0 Å². The Bertz CT molecular complexity index is 1590.